The van der Waals surface area contributed by atoms with E-state index in [0.717, 1.165) is 41.1 Å². The molecule has 32 heavy (non-hydrogen) atoms. The minimum Gasteiger partial charge on any atom is -0.322 e. The van der Waals surface area contributed by atoms with Gasteiger partial charge in [-0.25, -0.2) is 0 Å². The molecule has 3 aliphatic rings. The van der Waals surface area contributed by atoms with Gasteiger partial charge >= 0.3 is 0 Å². The number of hydrogen-bond donors (Lipinski definition) is 0. The van der Waals surface area contributed by atoms with Crippen molar-refractivity contribution in [3.63, 3.8) is 0 Å². The molecule has 0 amide bonds. The van der Waals surface area contributed by atoms with Gasteiger partial charge in [-0.2, -0.15) is 0 Å². The van der Waals surface area contributed by atoms with E-state index in [1.165, 1.54) is 0 Å². The summed E-state index contributed by atoms with van der Waals surface area (Å²) in [6.07, 6.45) is 6.43. The van der Waals surface area contributed by atoms with E-state index in [2.05, 4.69) is 27.7 Å². The molecule has 2 aliphatic carbocycles. The summed E-state index contributed by atoms with van der Waals surface area (Å²) in [5, 5.41) is 0.635. The number of rotatable bonds is 2. The lowest BCUT2D eigenvalue weighted by Gasteiger charge is -2.44. The summed E-state index contributed by atoms with van der Waals surface area (Å²) in [5.74, 6) is -0.354. The molecule has 166 valence electrons. The number of fused-ring (bicyclic) bond motifs is 1. The fourth-order valence-corrected chi connectivity index (χ4v) is 6.00. The SMILES string of the molecule is CC1(C)CC(=O)C2C(=NC3=C(C(=O)CC(C)(C)C3)C2c2ccc(Cl)c(-n3cccc3)c2)C1. The van der Waals surface area contributed by atoms with Crippen LogP contribution in [0.25, 0.3) is 5.69 Å². The summed E-state index contributed by atoms with van der Waals surface area (Å²) < 4.78 is 1.97. The summed E-state index contributed by atoms with van der Waals surface area (Å²) in [6, 6.07) is 9.81. The fraction of sp³-hybridized carbons (Fsp3) is 0.444. The van der Waals surface area contributed by atoms with Crippen LogP contribution in [-0.4, -0.2) is 21.8 Å². The van der Waals surface area contributed by atoms with E-state index in [4.69, 9.17) is 16.6 Å². The first kappa shape index (κ1) is 21.4. The molecule has 2 aromatic rings. The van der Waals surface area contributed by atoms with Crippen LogP contribution < -0.4 is 0 Å². The number of allylic oxidation sites excluding steroid dienone is 2. The average Bonchev–Trinajstić information content (AvgIpc) is 3.19. The molecular formula is C27H29ClN2O2. The summed E-state index contributed by atoms with van der Waals surface area (Å²) in [5.41, 5.74) is 4.15. The maximum atomic E-state index is 13.5. The first-order valence-electron chi connectivity index (χ1n) is 11.3. The lowest BCUT2D eigenvalue weighted by atomic mass is 9.60. The van der Waals surface area contributed by atoms with Crippen molar-refractivity contribution < 1.29 is 9.59 Å². The van der Waals surface area contributed by atoms with Crippen LogP contribution in [0.15, 0.2) is 59.0 Å². The van der Waals surface area contributed by atoms with Crippen LogP contribution in [0.2, 0.25) is 5.02 Å². The summed E-state index contributed by atoms with van der Waals surface area (Å²) >= 11 is 6.54. The van der Waals surface area contributed by atoms with Crippen molar-refractivity contribution in [3.05, 3.63) is 64.6 Å². The summed E-state index contributed by atoms with van der Waals surface area (Å²) in [4.78, 5) is 31.9. The topological polar surface area (TPSA) is 51.4 Å². The van der Waals surface area contributed by atoms with Gasteiger partial charge in [0, 0.05) is 48.1 Å². The second kappa shape index (κ2) is 7.28. The molecule has 0 saturated heterocycles. The van der Waals surface area contributed by atoms with E-state index in [9.17, 15) is 9.59 Å². The number of Topliss-reactive ketones (excluding diaryl/α,β-unsaturated/α-hetero) is 2. The molecule has 4 nitrogen and oxygen atoms in total. The highest BCUT2D eigenvalue weighted by Crippen LogP contribution is 2.51. The van der Waals surface area contributed by atoms with Crippen LogP contribution in [0.1, 0.15) is 64.9 Å². The molecule has 0 spiro atoms. The first-order chi connectivity index (χ1) is 15.0. The second-order valence-corrected chi connectivity index (χ2v) is 11.6. The molecule has 1 aliphatic heterocycles. The van der Waals surface area contributed by atoms with E-state index in [0.29, 0.717) is 17.9 Å². The zero-order valence-electron chi connectivity index (χ0n) is 19.1. The molecule has 1 saturated carbocycles. The minimum atomic E-state index is -0.370. The quantitative estimate of drug-likeness (QED) is 0.539. The van der Waals surface area contributed by atoms with Crippen LogP contribution in [-0.2, 0) is 9.59 Å². The number of ketones is 2. The molecule has 1 aromatic carbocycles. The highest BCUT2D eigenvalue weighted by atomic mass is 35.5. The summed E-state index contributed by atoms with van der Waals surface area (Å²) in [7, 11) is 0. The molecule has 0 radical (unpaired) electrons. The van der Waals surface area contributed by atoms with Gasteiger partial charge in [0.1, 0.15) is 5.78 Å². The van der Waals surface area contributed by atoms with Gasteiger partial charge in [0.25, 0.3) is 0 Å². The van der Waals surface area contributed by atoms with E-state index in [1.807, 2.05) is 47.3 Å². The van der Waals surface area contributed by atoms with Crippen molar-refractivity contribution in [1.82, 2.24) is 4.57 Å². The van der Waals surface area contributed by atoms with Crippen LogP contribution in [0.4, 0.5) is 0 Å². The van der Waals surface area contributed by atoms with Crippen molar-refractivity contribution in [3.8, 4) is 5.69 Å². The van der Waals surface area contributed by atoms with Crippen molar-refractivity contribution in [2.75, 3.05) is 0 Å². The fourth-order valence-electron chi connectivity index (χ4n) is 5.79. The minimum absolute atomic E-state index is 0.112. The van der Waals surface area contributed by atoms with Crippen molar-refractivity contribution >= 4 is 28.9 Å². The number of nitrogens with zero attached hydrogens (tertiary/aromatic N) is 2. The zero-order chi connectivity index (χ0) is 22.8. The number of aliphatic imine (C=N–C) groups is 1. The van der Waals surface area contributed by atoms with E-state index < -0.39 is 0 Å². The van der Waals surface area contributed by atoms with Crippen molar-refractivity contribution in [1.29, 1.82) is 0 Å². The van der Waals surface area contributed by atoms with Crippen LogP contribution >= 0.6 is 11.6 Å². The molecule has 2 atom stereocenters. The smallest absolute Gasteiger partial charge is 0.161 e. The molecular weight excluding hydrogens is 420 g/mol. The third-order valence-corrected chi connectivity index (χ3v) is 7.37. The maximum absolute atomic E-state index is 13.5. The molecule has 1 fully saturated rings. The van der Waals surface area contributed by atoms with Gasteiger partial charge in [-0.3, -0.25) is 14.6 Å². The van der Waals surface area contributed by atoms with E-state index in [1.54, 1.807) is 0 Å². The van der Waals surface area contributed by atoms with Gasteiger partial charge in [0.2, 0.25) is 0 Å². The molecule has 5 heteroatoms. The van der Waals surface area contributed by atoms with Crippen LogP contribution in [0.3, 0.4) is 0 Å². The van der Waals surface area contributed by atoms with Gasteiger partial charge in [-0.15, -0.1) is 0 Å². The Labute approximate surface area is 194 Å². The Hall–Kier alpha value is -2.46. The molecule has 2 heterocycles. The zero-order valence-corrected chi connectivity index (χ0v) is 19.9. The maximum Gasteiger partial charge on any atom is 0.161 e. The lowest BCUT2D eigenvalue weighted by molar-refractivity contribution is -0.124. The Balaban J connectivity index is 1.70. The van der Waals surface area contributed by atoms with Gasteiger partial charge in [-0.1, -0.05) is 45.4 Å². The van der Waals surface area contributed by atoms with Gasteiger partial charge in [0.05, 0.1) is 16.6 Å². The number of benzene rings is 1. The third kappa shape index (κ3) is 3.59. The lowest BCUT2D eigenvalue weighted by Crippen LogP contribution is -2.45. The molecule has 0 bridgehead atoms. The van der Waals surface area contributed by atoms with Crippen LogP contribution in [0, 0.1) is 16.7 Å². The monoisotopic (exact) mass is 448 g/mol. The highest BCUT2D eigenvalue weighted by molar-refractivity contribution is 6.32. The predicted octanol–water partition coefficient (Wildman–Crippen LogP) is 6.32. The van der Waals surface area contributed by atoms with Crippen molar-refractivity contribution in [2.45, 2.75) is 59.3 Å². The number of carbonyl (C=O) groups is 2. The van der Waals surface area contributed by atoms with Gasteiger partial charge in [-0.05, 0) is 53.5 Å². The molecule has 5 rings (SSSR count). The Morgan fingerprint density at radius 2 is 1.62 bits per heavy atom. The Morgan fingerprint density at radius 3 is 2.34 bits per heavy atom. The number of halogens is 1. The van der Waals surface area contributed by atoms with Crippen LogP contribution in [0.5, 0.6) is 0 Å². The number of hydrogen-bond acceptors (Lipinski definition) is 3. The van der Waals surface area contributed by atoms with E-state index in [-0.39, 0.29) is 34.2 Å². The standard InChI is InChI=1S/C27H29ClN2O2/c1-26(2)12-18-24(21(31)14-26)23(25-19(29-18)13-27(3,4)15-22(25)32)16-7-8-17(28)20(11-16)30-9-5-6-10-30/h5-11,23-24H,12-15H2,1-4H3. The highest BCUT2D eigenvalue weighted by Gasteiger charge is 2.49. The second-order valence-electron chi connectivity index (χ2n) is 11.1. The molecule has 1 aromatic heterocycles. The Morgan fingerprint density at radius 1 is 0.938 bits per heavy atom. The van der Waals surface area contributed by atoms with Gasteiger partial charge in [0.15, 0.2) is 5.78 Å². The number of carbonyl (C=O) groups excluding carboxylic acids is 2. The Kier molecular flexibility index (Phi) is 4.86. The first-order valence-corrected chi connectivity index (χ1v) is 11.7. The number of aromatic nitrogens is 1. The molecule has 2 unspecified atom stereocenters. The van der Waals surface area contributed by atoms with E-state index >= 15 is 0 Å². The predicted molar refractivity (Wildman–Crippen MR) is 128 cm³/mol. The average molecular weight is 449 g/mol. The summed E-state index contributed by atoms with van der Waals surface area (Å²) in [6.45, 7) is 8.51. The largest absolute Gasteiger partial charge is 0.322 e. The third-order valence-electron chi connectivity index (χ3n) is 7.05. The molecule has 0 N–H and O–H groups in total. The Bertz CT molecular complexity index is 1180. The van der Waals surface area contributed by atoms with Crippen molar-refractivity contribution in [2.24, 2.45) is 21.7 Å². The normalized spacial score (nSPS) is 26.5. The van der Waals surface area contributed by atoms with Gasteiger partial charge < -0.3 is 4.57 Å².